The summed E-state index contributed by atoms with van der Waals surface area (Å²) >= 11 is 0. The average Bonchev–Trinajstić information content (AvgIpc) is 2.91. The van der Waals surface area contributed by atoms with E-state index in [-0.39, 0.29) is 17.3 Å². The molecule has 1 aromatic heterocycles. The Balaban J connectivity index is 1.76. The Hall–Kier alpha value is -4.59. The van der Waals surface area contributed by atoms with Crippen molar-refractivity contribution in [3.8, 4) is 22.9 Å². The first kappa shape index (κ1) is 24.5. The maximum Gasteiger partial charge on any atom is 0.299 e. The molecule has 8 nitrogen and oxygen atoms in total. The lowest BCUT2D eigenvalue weighted by Crippen LogP contribution is -2.26. The van der Waals surface area contributed by atoms with Crippen molar-refractivity contribution in [1.82, 2.24) is 14.7 Å². The topological polar surface area (TPSA) is 85.7 Å². The van der Waals surface area contributed by atoms with Gasteiger partial charge in [0.15, 0.2) is 11.4 Å². The Bertz CT molecular complexity index is 1410. The van der Waals surface area contributed by atoms with E-state index in [1.807, 2.05) is 38.1 Å². The molecule has 4 rings (SSSR count). The number of nitrogens with one attached hydrogen (secondary N) is 1. The lowest BCUT2D eigenvalue weighted by molar-refractivity contribution is 0.0802. The molecule has 0 fully saturated rings. The van der Waals surface area contributed by atoms with E-state index in [0.29, 0.717) is 35.0 Å². The molecule has 4 aromatic rings. The molecule has 0 aliphatic heterocycles. The van der Waals surface area contributed by atoms with Crippen LogP contribution in [-0.2, 0) is 0 Å². The van der Waals surface area contributed by atoms with Gasteiger partial charge in [0.2, 0.25) is 0 Å². The molecule has 0 saturated heterocycles. The van der Waals surface area contributed by atoms with Crippen molar-refractivity contribution < 1.29 is 14.3 Å². The molecule has 0 unspecified atom stereocenters. The number of rotatable bonds is 8. The van der Waals surface area contributed by atoms with E-state index >= 15 is 0 Å². The van der Waals surface area contributed by atoms with Crippen molar-refractivity contribution >= 4 is 17.3 Å². The van der Waals surface area contributed by atoms with Gasteiger partial charge in [-0.3, -0.25) is 9.59 Å². The van der Waals surface area contributed by atoms with Crippen molar-refractivity contribution in [2.24, 2.45) is 0 Å². The zero-order valence-corrected chi connectivity index (χ0v) is 20.7. The zero-order chi connectivity index (χ0) is 25.7. The smallest absolute Gasteiger partial charge is 0.299 e. The summed E-state index contributed by atoms with van der Waals surface area (Å²) in [5.41, 5.74) is 2.57. The minimum absolute atomic E-state index is 0.109. The number of carbonyl (C=O) groups is 1. The number of nitrogens with zero attached hydrogens (tertiary/aromatic N) is 3. The van der Waals surface area contributed by atoms with E-state index in [2.05, 4.69) is 10.4 Å². The molecule has 0 aliphatic rings. The van der Waals surface area contributed by atoms with Crippen molar-refractivity contribution in [2.45, 2.75) is 13.8 Å². The minimum Gasteiger partial charge on any atom is -0.497 e. The average molecular weight is 485 g/mol. The van der Waals surface area contributed by atoms with E-state index < -0.39 is 5.56 Å². The second-order valence-corrected chi connectivity index (χ2v) is 8.24. The van der Waals surface area contributed by atoms with Gasteiger partial charge in [-0.15, -0.1) is 0 Å². The van der Waals surface area contributed by atoms with Gasteiger partial charge in [0.25, 0.3) is 11.5 Å². The van der Waals surface area contributed by atoms with Gasteiger partial charge in [0, 0.05) is 24.8 Å². The molecule has 0 radical (unpaired) electrons. The predicted molar refractivity (Wildman–Crippen MR) is 140 cm³/mol. The van der Waals surface area contributed by atoms with Crippen LogP contribution in [-0.4, -0.2) is 41.3 Å². The quantitative estimate of drug-likeness (QED) is 0.371. The van der Waals surface area contributed by atoms with Crippen LogP contribution in [0.2, 0.25) is 0 Å². The summed E-state index contributed by atoms with van der Waals surface area (Å²) in [6.07, 6.45) is 1.49. The Kier molecular flexibility index (Phi) is 7.34. The van der Waals surface area contributed by atoms with E-state index in [1.165, 1.54) is 10.9 Å². The van der Waals surface area contributed by atoms with E-state index in [4.69, 9.17) is 9.47 Å². The first-order valence-electron chi connectivity index (χ1n) is 11.5. The molecule has 0 spiro atoms. The molecule has 0 bridgehead atoms. The zero-order valence-electron chi connectivity index (χ0n) is 20.7. The molecule has 1 N–H and O–H groups in total. The lowest BCUT2D eigenvalue weighted by atomic mass is 10.1. The number of aromatic nitrogens is 2. The van der Waals surface area contributed by atoms with Gasteiger partial charge in [-0.2, -0.15) is 9.78 Å². The van der Waals surface area contributed by atoms with Gasteiger partial charge < -0.3 is 19.7 Å². The molecular formula is C28H28N4O4. The second kappa shape index (κ2) is 10.8. The molecule has 0 aliphatic carbocycles. The van der Waals surface area contributed by atoms with Gasteiger partial charge in [-0.25, -0.2) is 0 Å². The normalized spacial score (nSPS) is 10.6. The van der Waals surface area contributed by atoms with Gasteiger partial charge in [0.05, 0.1) is 19.0 Å². The number of aryl methyl sites for hydroxylation is 1. The molecule has 0 saturated carbocycles. The summed E-state index contributed by atoms with van der Waals surface area (Å²) in [7, 11) is 3.33. The Morgan fingerprint density at radius 2 is 1.72 bits per heavy atom. The summed E-state index contributed by atoms with van der Waals surface area (Å²) in [5, 5.41) is 7.51. The molecular weight excluding hydrogens is 456 g/mol. The summed E-state index contributed by atoms with van der Waals surface area (Å²) in [4.78, 5) is 27.9. The maximum atomic E-state index is 13.6. The van der Waals surface area contributed by atoms with Gasteiger partial charge in [0.1, 0.15) is 11.5 Å². The molecule has 36 heavy (non-hydrogen) atoms. The number of benzene rings is 3. The Morgan fingerprint density at radius 1 is 1.03 bits per heavy atom. The fraction of sp³-hybridized carbons (Fsp3) is 0.179. The summed E-state index contributed by atoms with van der Waals surface area (Å²) in [6.45, 7) is 4.47. The van der Waals surface area contributed by atoms with Gasteiger partial charge >= 0.3 is 0 Å². The minimum atomic E-state index is -0.396. The molecule has 1 heterocycles. The Labute approximate surface area is 209 Å². The molecule has 3 aromatic carbocycles. The molecule has 1 amide bonds. The van der Waals surface area contributed by atoms with E-state index in [0.717, 1.165) is 5.56 Å². The van der Waals surface area contributed by atoms with Crippen molar-refractivity contribution in [2.75, 3.05) is 26.0 Å². The monoisotopic (exact) mass is 484 g/mol. The fourth-order valence-corrected chi connectivity index (χ4v) is 3.51. The summed E-state index contributed by atoms with van der Waals surface area (Å²) in [6, 6.07) is 21.5. The molecule has 0 atom stereocenters. The number of carbonyl (C=O) groups excluding carboxylic acids is 1. The highest BCUT2D eigenvalue weighted by molar-refractivity contribution is 5.95. The fourth-order valence-electron chi connectivity index (χ4n) is 3.51. The van der Waals surface area contributed by atoms with Crippen LogP contribution in [0.4, 0.5) is 11.4 Å². The lowest BCUT2D eigenvalue weighted by Gasteiger charge is -2.17. The standard InChI is InChI=1S/C28H28N4O4/c1-5-31(3)27(33)20-7-6-8-21(17-20)30-26-25(36-24-15-13-23(35-4)14-16-24)18-29-32(28(26)34)22-11-9-19(2)10-12-22/h6-18,30H,5H2,1-4H3. The molecule has 184 valence electrons. The van der Waals surface area contributed by atoms with Crippen LogP contribution in [0.25, 0.3) is 5.69 Å². The highest BCUT2D eigenvalue weighted by atomic mass is 16.5. The number of ether oxygens (including phenoxy) is 2. The number of methoxy groups -OCH3 is 1. The van der Waals surface area contributed by atoms with Crippen LogP contribution < -0.4 is 20.3 Å². The summed E-state index contributed by atoms with van der Waals surface area (Å²) < 4.78 is 12.5. The van der Waals surface area contributed by atoms with E-state index in [9.17, 15) is 9.59 Å². The van der Waals surface area contributed by atoms with Crippen LogP contribution in [0.3, 0.4) is 0 Å². The highest BCUT2D eigenvalue weighted by Gasteiger charge is 2.17. The second-order valence-electron chi connectivity index (χ2n) is 8.24. The van der Waals surface area contributed by atoms with Crippen LogP contribution in [0.5, 0.6) is 17.2 Å². The van der Waals surface area contributed by atoms with Crippen LogP contribution >= 0.6 is 0 Å². The number of hydrogen-bond donors (Lipinski definition) is 1. The van der Waals surface area contributed by atoms with Crippen LogP contribution in [0.1, 0.15) is 22.8 Å². The van der Waals surface area contributed by atoms with Gasteiger partial charge in [-0.1, -0.05) is 23.8 Å². The van der Waals surface area contributed by atoms with Crippen molar-refractivity contribution in [1.29, 1.82) is 0 Å². The summed E-state index contributed by atoms with van der Waals surface area (Å²) in [5.74, 6) is 1.34. The van der Waals surface area contributed by atoms with Crippen molar-refractivity contribution in [3.63, 3.8) is 0 Å². The van der Waals surface area contributed by atoms with Crippen LogP contribution in [0.15, 0.2) is 83.8 Å². The van der Waals surface area contributed by atoms with Crippen molar-refractivity contribution in [3.05, 3.63) is 100 Å². The third-order valence-corrected chi connectivity index (χ3v) is 5.71. The predicted octanol–water partition coefficient (Wildman–Crippen LogP) is 5.18. The van der Waals surface area contributed by atoms with E-state index in [1.54, 1.807) is 67.6 Å². The maximum absolute atomic E-state index is 13.6. The number of anilines is 2. The van der Waals surface area contributed by atoms with Crippen LogP contribution in [0, 0.1) is 6.92 Å². The third-order valence-electron chi connectivity index (χ3n) is 5.71. The first-order valence-corrected chi connectivity index (χ1v) is 11.5. The van der Waals surface area contributed by atoms with Gasteiger partial charge in [-0.05, 0) is 68.4 Å². The number of amides is 1. The Morgan fingerprint density at radius 3 is 2.39 bits per heavy atom. The number of hydrogen-bond acceptors (Lipinski definition) is 6. The first-order chi connectivity index (χ1) is 17.4. The largest absolute Gasteiger partial charge is 0.497 e. The third kappa shape index (κ3) is 5.38. The SMILES string of the molecule is CCN(C)C(=O)c1cccc(Nc2c(Oc3ccc(OC)cc3)cnn(-c3ccc(C)cc3)c2=O)c1. The molecule has 8 heteroatoms. The highest BCUT2D eigenvalue weighted by Crippen LogP contribution is 2.30.